The van der Waals surface area contributed by atoms with E-state index in [1.165, 1.54) is 6.07 Å². The molecule has 170 valence electrons. The fourth-order valence-corrected chi connectivity index (χ4v) is 3.49. The summed E-state index contributed by atoms with van der Waals surface area (Å²) in [4.78, 5) is 6.45. The second-order valence-electron chi connectivity index (χ2n) is 7.20. The Kier molecular flexibility index (Phi) is 9.16. The van der Waals surface area contributed by atoms with Crippen LogP contribution in [0.3, 0.4) is 0 Å². The van der Waals surface area contributed by atoms with Gasteiger partial charge in [-0.2, -0.15) is 8.78 Å². The molecular weight excluding hydrogens is 513 g/mol. The largest absolute Gasteiger partial charge is 0.454 e. The third-order valence-corrected chi connectivity index (χ3v) is 5.40. The lowest BCUT2D eigenvalue weighted by Gasteiger charge is -2.43. The number of fused-ring (bicyclic) bond motifs is 1. The summed E-state index contributed by atoms with van der Waals surface area (Å²) < 4.78 is 46.3. The lowest BCUT2D eigenvalue weighted by Crippen LogP contribution is -2.57. The van der Waals surface area contributed by atoms with Crippen LogP contribution < -0.4 is 24.8 Å². The zero-order chi connectivity index (χ0) is 20.9. The van der Waals surface area contributed by atoms with Crippen LogP contribution in [0.15, 0.2) is 17.1 Å². The zero-order valence-corrected chi connectivity index (χ0v) is 19.7. The Hall–Kier alpha value is -1.60. The molecule has 1 fully saturated rings. The van der Waals surface area contributed by atoms with E-state index >= 15 is 0 Å². The quantitative estimate of drug-likeness (QED) is 0.312. The second kappa shape index (κ2) is 11.1. The van der Waals surface area contributed by atoms with Crippen molar-refractivity contribution in [1.82, 2.24) is 15.5 Å². The maximum atomic E-state index is 12.8. The molecular formula is C19H29F2IN4O4. The Morgan fingerprint density at radius 1 is 1.20 bits per heavy atom. The molecule has 2 aliphatic rings. The molecule has 0 aliphatic carbocycles. The number of aliphatic imine (C=N–C) groups is 1. The van der Waals surface area contributed by atoms with Gasteiger partial charge in [0.15, 0.2) is 17.5 Å². The standard InChI is InChI=1S/C19H28F2N4O4.HI/c1-22-18(24-11-19(25(2)3)4-6-26-7-5-19)23-10-13-8-15-16(28-12-27-15)9-14(13)29-17(20)21;/h8-9,17H,4-7,10-12H2,1-3H3,(H2,22,23,24);1H. The molecule has 2 N–H and O–H groups in total. The Balaban J connectivity index is 0.00000320. The van der Waals surface area contributed by atoms with Crippen LogP contribution >= 0.6 is 24.0 Å². The Labute approximate surface area is 192 Å². The number of hydrogen-bond donors (Lipinski definition) is 2. The molecule has 11 heteroatoms. The van der Waals surface area contributed by atoms with E-state index in [4.69, 9.17) is 14.2 Å². The molecule has 0 bridgehead atoms. The van der Waals surface area contributed by atoms with Gasteiger partial charge in [0, 0.05) is 50.5 Å². The minimum atomic E-state index is -2.93. The van der Waals surface area contributed by atoms with Crippen molar-refractivity contribution in [2.75, 3.05) is 47.7 Å². The molecule has 1 aromatic carbocycles. The van der Waals surface area contributed by atoms with Crippen LogP contribution in [0.5, 0.6) is 17.2 Å². The van der Waals surface area contributed by atoms with Gasteiger partial charge in [-0.05, 0) is 33.0 Å². The minimum Gasteiger partial charge on any atom is -0.454 e. The summed E-state index contributed by atoms with van der Waals surface area (Å²) >= 11 is 0. The number of rotatable bonds is 7. The van der Waals surface area contributed by atoms with E-state index in [1.54, 1.807) is 13.1 Å². The SMILES string of the molecule is CN=C(NCc1cc2c(cc1OC(F)F)OCO2)NCC1(N(C)C)CCOCC1.I. The van der Waals surface area contributed by atoms with Crippen molar-refractivity contribution in [1.29, 1.82) is 0 Å². The molecule has 0 aromatic heterocycles. The average molecular weight is 542 g/mol. The first-order valence-electron chi connectivity index (χ1n) is 9.50. The van der Waals surface area contributed by atoms with Crippen molar-refractivity contribution in [2.24, 2.45) is 4.99 Å². The summed E-state index contributed by atoms with van der Waals surface area (Å²) in [5.74, 6) is 1.50. The number of hydrogen-bond acceptors (Lipinski definition) is 6. The molecule has 1 saturated heterocycles. The number of ether oxygens (including phenoxy) is 4. The molecule has 2 aliphatic heterocycles. The minimum absolute atomic E-state index is 0. The molecule has 3 rings (SSSR count). The molecule has 30 heavy (non-hydrogen) atoms. The average Bonchev–Trinajstić information content (AvgIpc) is 3.15. The van der Waals surface area contributed by atoms with Crippen molar-refractivity contribution < 1.29 is 27.7 Å². The predicted octanol–water partition coefficient (Wildman–Crippen LogP) is 2.41. The van der Waals surface area contributed by atoms with Crippen LogP contribution in [0.2, 0.25) is 0 Å². The van der Waals surface area contributed by atoms with E-state index in [9.17, 15) is 8.78 Å². The second-order valence-corrected chi connectivity index (χ2v) is 7.20. The van der Waals surface area contributed by atoms with Gasteiger partial charge in [0.25, 0.3) is 0 Å². The van der Waals surface area contributed by atoms with Crippen LogP contribution in [0.4, 0.5) is 8.78 Å². The van der Waals surface area contributed by atoms with Crippen molar-refractivity contribution in [3.05, 3.63) is 17.7 Å². The van der Waals surface area contributed by atoms with Gasteiger partial charge >= 0.3 is 6.61 Å². The monoisotopic (exact) mass is 542 g/mol. The van der Waals surface area contributed by atoms with Gasteiger partial charge in [0.2, 0.25) is 6.79 Å². The zero-order valence-electron chi connectivity index (χ0n) is 17.4. The summed E-state index contributed by atoms with van der Waals surface area (Å²) in [5, 5.41) is 6.50. The molecule has 0 amide bonds. The van der Waals surface area contributed by atoms with Gasteiger partial charge in [0.05, 0.1) is 0 Å². The summed E-state index contributed by atoms with van der Waals surface area (Å²) in [7, 11) is 5.78. The first-order valence-corrected chi connectivity index (χ1v) is 9.50. The highest BCUT2D eigenvalue weighted by Crippen LogP contribution is 2.38. The van der Waals surface area contributed by atoms with Crippen LogP contribution in [0.1, 0.15) is 18.4 Å². The predicted molar refractivity (Wildman–Crippen MR) is 119 cm³/mol. The number of nitrogens with zero attached hydrogens (tertiary/aromatic N) is 2. The first kappa shape index (κ1) is 24.7. The molecule has 0 radical (unpaired) electrons. The molecule has 0 atom stereocenters. The smallest absolute Gasteiger partial charge is 0.387 e. The lowest BCUT2D eigenvalue weighted by atomic mass is 9.88. The molecule has 0 saturated carbocycles. The van der Waals surface area contributed by atoms with E-state index in [0.29, 0.717) is 29.6 Å². The Morgan fingerprint density at radius 3 is 2.47 bits per heavy atom. The first-order chi connectivity index (χ1) is 13.9. The van der Waals surface area contributed by atoms with Gasteiger partial charge in [-0.1, -0.05) is 0 Å². The van der Waals surface area contributed by atoms with E-state index in [0.717, 1.165) is 26.1 Å². The summed E-state index contributed by atoms with van der Waals surface area (Å²) in [5.41, 5.74) is 0.490. The normalized spacial score (nSPS) is 17.6. The molecule has 2 heterocycles. The highest BCUT2D eigenvalue weighted by Gasteiger charge is 2.34. The highest BCUT2D eigenvalue weighted by atomic mass is 127. The maximum Gasteiger partial charge on any atom is 0.387 e. The molecule has 0 unspecified atom stereocenters. The topological polar surface area (TPSA) is 76.6 Å². The number of guanidine groups is 1. The fraction of sp³-hybridized carbons (Fsp3) is 0.632. The number of nitrogens with one attached hydrogen (secondary N) is 2. The highest BCUT2D eigenvalue weighted by molar-refractivity contribution is 14.0. The van der Waals surface area contributed by atoms with Gasteiger partial charge in [-0.3, -0.25) is 4.99 Å². The van der Waals surface area contributed by atoms with E-state index in [1.807, 2.05) is 0 Å². The number of likely N-dealkylation sites (N-methyl/N-ethyl adjacent to an activating group) is 1. The molecule has 1 aromatic rings. The van der Waals surface area contributed by atoms with Crippen molar-refractivity contribution in [2.45, 2.75) is 31.5 Å². The molecule has 0 spiro atoms. The fourth-order valence-electron chi connectivity index (χ4n) is 3.49. The lowest BCUT2D eigenvalue weighted by molar-refractivity contribution is -0.0505. The third kappa shape index (κ3) is 5.97. The van der Waals surface area contributed by atoms with Gasteiger partial charge in [0.1, 0.15) is 5.75 Å². The van der Waals surface area contributed by atoms with E-state index in [2.05, 4.69) is 39.4 Å². The van der Waals surface area contributed by atoms with Crippen molar-refractivity contribution >= 4 is 29.9 Å². The number of halogens is 3. The van der Waals surface area contributed by atoms with Gasteiger partial charge < -0.3 is 34.5 Å². The van der Waals surface area contributed by atoms with Crippen LogP contribution in [0, 0.1) is 0 Å². The van der Waals surface area contributed by atoms with Crippen molar-refractivity contribution in [3.63, 3.8) is 0 Å². The van der Waals surface area contributed by atoms with E-state index in [-0.39, 0.29) is 48.6 Å². The molecule has 8 nitrogen and oxygen atoms in total. The van der Waals surface area contributed by atoms with Crippen LogP contribution in [-0.4, -0.2) is 70.7 Å². The third-order valence-electron chi connectivity index (χ3n) is 5.40. The Morgan fingerprint density at radius 2 is 1.87 bits per heavy atom. The van der Waals surface area contributed by atoms with Crippen LogP contribution in [-0.2, 0) is 11.3 Å². The summed E-state index contributed by atoms with van der Waals surface area (Å²) in [6.45, 7) is -0.518. The van der Waals surface area contributed by atoms with Crippen LogP contribution in [0.25, 0.3) is 0 Å². The number of benzene rings is 1. The van der Waals surface area contributed by atoms with E-state index < -0.39 is 6.61 Å². The summed E-state index contributed by atoms with van der Waals surface area (Å²) in [6, 6.07) is 3.06. The number of alkyl halides is 2. The van der Waals surface area contributed by atoms with Gasteiger partial charge in [-0.15, -0.1) is 24.0 Å². The Bertz CT molecular complexity index is 731. The van der Waals surface area contributed by atoms with Crippen molar-refractivity contribution in [3.8, 4) is 17.2 Å². The maximum absolute atomic E-state index is 12.8. The summed E-state index contributed by atoms with van der Waals surface area (Å²) in [6.07, 6.45) is 1.83. The van der Waals surface area contributed by atoms with Gasteiger partial charge in [-0.25, -0.2) is 0 Å².